The Kier molecular flexibility index (Phi) is 7.70. The van der Waals surface area contributed by atoms with Gasteiger partial charge in [0.25, 0.3) is 0 Å². The van der Waals surface area contributed by atoms with Gasteiger partial charge in [0, 0.05) is 25.2 Å². The summed E-state index contributed by atoms with van der Waals surface area (Å²) in [6.07, 6.45) is -0.639. The first-order valence-electron chi connectivity index (χ1n) is 12.0. The summed E-state index contributed by atoms with van der Waals surface area (Å²) in [7, 11) is 3.31. The smallest absolute Gasteiger partial charge is 0.334 e. The average Bonchev–Trinajstić information content (AvgIpc) is 2.85. The summed E-state index contributed by atoms with van der Waals surface area (Å²) in [4.78, 5) is 43.4. The lowest BCUT2D eigenvalue weighted by atomic mass is 9.96. The molecule has 2 aromatic rings. The normalized spacial score (nSPS) is 20.6. The summed E-state index contributed by atoms with van der Waals surface area (Å²) in [5, 5.41) is 6.69. The minimum absolute atomic E-state index is 0.00741. The van der Waals surface area contributed by atoms with E-state index in [1.54, 1.807) is 40.0 Å². The number of piperazine rings is 1. The van der Waals surface area contributed by atoms with Crippen LogP contribution in [-0.4, -0.2) is 77.1 Å². The van der Waals surface area contributed by atoms with E-state index in [4.69, 9.17) is 16.3 Å². The minimum Gasteiger partial charge on any atom is -0.497 e. The number of hydrogen-bond donors (Lipinski definition) is 1. The van der Waals surface area contributed by atoms with Crippen molar-refractivity contribution in [3.63, 3.8) is 0 Å². The molecule has 2 fully saturated rings. The van der Waals surface area contributed by atoms with Crippen molar-refractivity contribution in [1.82, 2.24) is 25.1 Å². The number of hydrogen-bond acceptors (Lipinski definition) is 5. The highest BCUT2D eigenvalue weighted by molar-refractivity contribution is 6.31. The number of likely N-dealkylation sites (N-methyl/N-ethyl adjacent to an activating group) is 1. The number of ether oxygens (including phenoxy) is 1. The van der Waals surface area contributed by atoms with Crippen LogP contribution in [0.4, 0.5) is 4.79 Å². The second-order valence-electron chi connectivity index (χ2n) is 9.45. The Morgan fingerprint density at radius 3 is 2.47 bits per heavy atom. The number of benzene rings is 2. The van der Waals surface area contributed by atoms with Gasteiger partial charge in [0.2, 0.25) is 11.8 Å². The van der Waals surface area contributed by atoms with Crippen LogP contribution in [0.3, 0.4) is 0 Å². The molecule has 0 bridgehead atoms. The number of hydrazine groups is 1. The summed E-state index contributed by atoms with van der Waals surface area (Å²) in [5.74, 6) is 0.287. The van der Waals surface area contributed by atoms with Crippen molar-refractivity contribution in [1.29, 1.82) is 0 Å². The van der Waals surface area contributed by atoms with E-state index in [1.165, 1.54) is 0 Å². The molecule has 192 valence electrons. The molecule has 0 radical (unpaired) electrons. The molecular formula is C26H32ClN5O4. The Bertz CT molecular complexity index is 1130. The lowest BCUT2D eigenvalue weighted by molar-refractivity contribution is -0.190. The number of methoxy groups -OCH3 is 1. The number of nitrogens with zero attached hydrogens (tertiary/aromatic N) is 4. The van der Waals surface area contributed by atoms with Crippen molar-refractivity contribution in [3.8, 4) is 5.75 Å². The number of carbonyl (C=O) groups excluding carboxylic acids is 3. The predicted molar refractivity (Wildman–Crippen MR) is 136 cm³/mol. The monoisotopic (exact) mass is 513 g/mol. The van der Waals surface area contributed by atoms with E-state index in [1.807, 2.05) is 56.3 Å². The molecule has 36 heavy (non-hydrogen) atoms. The van der Waals surface area contributed by atoms with E-state index in [2.05, 4.69) is 5.32 Å². The topological polar surface area (TPSA) is 85.4 Å². The summed E-state index contributed by atoms with van der Waals surface area (Å²) in [6, 6.07) is 13.8. The van der Waals surface area contributed by atoms with Crippen molar-refractivity contribution >= 4 is 29.4 Å². The van der Waals surface area contributed by atoms with Gasteiger partial charge in [-0.05, 0) is 35.2 Å². The zero-order chi connectivity index (χ0) is 26.0. The molecule has 2 atom stereocenters. The van der Waals surface area contributed by atoms with Gasteiger partial charge >= 0.3 is 6.03 Å². The highest BCUT2D eigenvalue weighted by Crippen LogP contribution is 2.30. The van der Waals surface area contributed by atoms with Crippen LogP contribution in [0.25, 0.3) is 0 Å². The van der Waals surface area contributed by atoms with Crippen LogP contribution in [0.5, 0.6) is 5.75 Å². The van der Waals surface area contributed by atoms with Crippen molar-refractivity contribution in [3.05, 3.63) is 64.7 Å². The van der Waals surface area contributed by atoms with E-state index >= 15 is 0 Å². The highest BCUT2D eigenvalue weighted by atomic mass is 35.5. The van der Waals surface area contributed by atoms with Gasteiger partial charge in [-0.25, -0.2) is 14.8 Å². The average molecular weight is 514 g/mol. The molecule has 2 saturated heterocycles. The second kappa shape index (κ2) is 10.8. The summed E-state index contributed by atoms with van der Waals surface area (Å²) in [6.45, 7) is 4.62. The Morgan fingerprint density at radius 2 is 1.83 bits per heavy atom. The molecule has 9 nitrogen and oxygen atoms in total. The Morgan fingerprint density at radius 1 is 1.14 bits per heavy atom. The fourth-order valence-corrected chi connectivity index (χ4v) is 5.03. The maximum Gasteiger partial charge on any atom is 0.334 e. The van der Waals surface area contributed by atoms with E-state index in [9.17, 15) is 14.4 Å². The lowest BCUT2D eigenvalue weighted by Crippen LogP contribution is -2.76. The first kappa shape index (κ1) is 25.8. The molecule has 2 aliphatic rings. The Hall–Kier alpha value is -3.30. The molecule has 0 aromatic heterocycles. The van der Waals surface area contributed by atoms with Gasteiger partial charge in [0.05, 0.1) is 20.2 Å². The van der Waals surface area contributed by atoms with E-state index in [0.717, 1.165) is 16.9 Å². The molecule has 10 heteroatoms. The number of rotatable bonds is 6. The fourth-order valence-electron chi connectivity index (χ4n) is 4.84. The fraction of sp³-hybridized carbons (Fsp3) is 0.423. The minimum atomic E-state index is -0.677. The Labute approximate surface area is 216 Å². The van der Waals surface area contributed by atoms with Gasteiger partial charge in [-0.1, -0.05) is 55.8 Å². The van der Waals surface area contributed by atoms with Crippen LogP contribution in [0.15, 0.2) is 48.5 Å². The van der Waals surface area contributed by atoms with Crippen LogP contribution in [0.1, 0.15) is 25.0 Å². The number of nitrogens with one attached hydrogen (secondary N) is 1. The van der Waals surface area contributed by atoms with Crippen molar-refractivity contribution in [2.75, 3.05) is 27.2 Å². The standard InChI is InChI=1S/C26H32ClN5O4/c1-17(2)24-25(34)30(14-19-7-5-6-8-21(19)27)15-22-31(24)23(33)16-29(3)32(22)26(35)28-13-18-9-11-20(36-4)12-10-18/h5-12,17,22,24H,13-16H2,1-4H3,(H,28,35)/t22?,24-/m0/s1. The number of halogens is 1. The van der Waals surface area contributed by atoms with E-state index in [0.29, 0.717) is 18.1 Å². The van der Waals surface area contributed by atoms with Gasteiger partial charge in [0.15, 0.2) is 0 Å². The molecular weight excluding hydrogens is 482 g/mol. The van der Waals surface area contributed by atoms with Crippen LogP contribution < -0.4 is 10.1 Å². The highest BCUT2D eigenvalue weighted by Gasteiger charge is 2.51. The number of carbonyl (C=O) groups is 3. The first-order valence-corrected chi connectivity index (χ1v) is 12.3. The molecule has 1 N–H and O–H groups in total. The van der Waals surface area contributed by atoms with Gasteiger partial charge < -0.3 is 19.9 Å². The first-order chi connectivity index (χ1) is 17.2. The largest absolute Gasteiger partial charge is 0.497 e. The molecule has 0 spiro atoms. The zero-order valence-corrected chi connectivity index (χ0v) is 21.7. The lowest BCUT2D eigenvalue weighted by Gasteiger charge is -2.55. The maximum atomic E-state index is 13.6. The summed E-state index contributed by atoms with van der Waals surface area (Å²) < 4.78 is 5.19. The van der Waals surface area contributed by atoms with Gasteiger partial charge in [-0.3, -0.25) is 9.59 Å². The summed E-state index contributed by atoms with van der Waals surface area (Å²) in [5.41, 5.74) is 1.73. The van der Waals surface area contributed by atoms with Crippen LogP contribution in [0.2, 0.25) is 5.02 Å². The predicted octanol–water partition coefficient (Wildman–Crippen LogP) is 2.94. The third-order valence-electron chi connectivity index (χ3n) is 6.63. The third-order valence-corrected chi connectivity index (χ3v) is 7.00. The molecule has 2 aliphatic heterocycles. The third kappa shape index (κ3) is 5.12. The maximum absolute atomic E-state index is 13.6. The molecule has 2 aromatic carbocycles. The number of urea groups is 1. The molecule has 0 aliphatic carbocycles. The number of amides is 4. The number of fused-ring (bicyclic) bond motifs is 1. The van der Waals surface area contributed by atoms with Crippen molar-refractivity contribution < 1.29 is 19.1 Å². The van der Waals surface area contributed by atoms with Gasteiger partial charge in [-0.15, -0.1) is 0 Å². The molecule has 2 heterocycles. The van der Waals surface area contributed by atoms with Crippen LogP contribution >= 0.6 is 11.6 Å². The van der Waals surface area contributed by atoms with Gasteiger partial charge in [-0.2, -0.15) is 0 Å². The van der Waals surface area contributed by atoms with Crippen LogP contribution in [0, 0.1) is 5.92 Å². The van der Waals surface area contributed by atoms with Crippen LogP contribution in [-0.2, 0) is 22.7 Å². The van der Waals surface area contributed by atoms with Crippen molar-refractivity contribution in [2.24, 2.45) is 5.92 Å². The molecule has 1 unspecified atom stereocenters. The SMILES string of the molecule is COc1ccc(CNC(=O)N2C3CN(Cc4ccccc4Cl)C(=O)[C@H](C(C)C)N3C(=O)CN2C)cc1. The second-order valence-corrected chi connectivity index (χ2v) is 9.85. The molecule has 0 saturated carbocycles. The Balaban J connectivity index is 1.59. The van der Waals surface area contributed by atoms with Gasteiger partial charge in [0.1, 0.15) is 18.0 Å². The van der Waals surface area contributed by atoms with E-state index in [-0.39, 0.29) is 36.9 Å². The van der Waals surface area contributed by atoms with E-state index < -0.39 is 12.2 Å². The molecule has 4 rings (SSSR count). The molecule has 4 amide bonds. The summed E-state index contributed by atoms with van der Waals surface area (Å²) >= 11 is 6.38. The van der Waals surface area contributed by atoms with Crippen molar-refractivity contribution in [2.45, 2.75) is 39.1 Å². The zero-order valence-electron chi connectivity index (χ0n) is 21.0. The quantitative estimate of drug-likeness (QED) is 0.642.